The molecular weight excluding hydrogens is 265 g/mol. The van der Waals surface area contributed by atoms with Crippen molar-refractivity contribution in [2.24, 2.45) is 0 Å². The van der Waals surface area contributed by atoms with Crippen LogP contribution in [0, 0.1) is 19.7 Å². The minimum absolute atomic E-state index is 0.125. The topological polar surface area (TPSA) is 21.3 Å². The molecule has 0 aliphatic heterocycles. The van der Waals surface area contributed by atoms with Gasteiger partial charge in [-0.3, -0.25) is 0 Å². The first-order chi connectivity index (χ1) is 10.0. The van der Waals surface area contributed by atoms with Crippen LogP contribution in [0.25, 0.3) is 0 Å². The van der Waals surface area contributed by atoms with Gasteiger partial charge in [0, 0.05) is 6.04 Å². The number of ether oxygens (including phenoxy) is 1. The number of aryl methyl sites for hydroxylation is 2. The maximum absolute atomic E-state index is 13.4. The standard InChI is InChI=1S/C18H22FNO/c1-12-5-8-18(21-4)15(9-12)11-17(20-3)14-6-7-16(19)13(2)10-14/h5-10,17,20H,11H2,1-4H3. The van der Waals surface area contributed by atoms with E-state index in [9.17, 15) is 4.39 Å². The Morgan fingerprint density at radius 3 is 2.52 bits per heavy atom. The molecule has 0 aliphatic carbocycles. The third-order valence-corrected chi connectivity index (χ3v) is 3.79. The van der Waals surface area contributed by atoms with Crippen molar-refractivity contribution in [2.45, 2.75) is 26.3 Å². The molecule has 1 N–H and O–H groups in total. The van der Waals surface area contributed by atoms with Crippen molar-refractivity contribution in [3.8, 4) is 5.75 Å². The maximum atomic E-state index is 13.4. The third kappa shape index (κ3) is 3.61. The summed E-state index contributed by atoms with van der Waals surface area (Å²) in [6, 6.07) is 11.6. The summed E-state index contributed by atoms with van der Waals surface area (Å²) in [4.78, 5) is 0. The van der Waals surface area contributed by atoms with E-state index in [2.05, 4.69) is 18.3 Å². The fourth-order valence-corrected chi connectivity index (χ4v) is 2.56. The molecule has 0 spiro atoms. The predicted octanol–water partition coefficient (Wildman–Crippen LogP) is 3.95. The highest BCUT2D eigenvalue weighted by atomic mass is 19.1. The zero-order valence-corrected chi connectivity index (χ0v) is 13.0. The van der Waals surface area contributed by atoms with Gasteiger partial charge in [0.15, 0.2) is 0 Å². The summed E-state index contributed by atoms with van der Waals surface area (Å²) in [6.45, 7) is 3.86. The van der Waals surface area contributed by atoms with Crippen molar-refractivity contribution in [3.05, 3.63) is 64.5 Å². The van der Waals surface area contributed by atoms with Crippen LogP contribution in [0.5, 0.6) is 5.75 Å². The van der Waals surface area contributed by atoms with Crippen LogP contribution in [0.15, 0.2) is 36.4 Å². The third-order valence-electron chi connectivity index (χ3n) is 3.79. The van der Waals surface area contributed by atoms with Crippen molar-refractivity contribution >= 4 is 0 Å². The van der Waals surface area contributed by atoms with Crippen molar-refractivity contribution in [2.75, 3.05) is 14.2 Å². The molecule has 2 rings (SSSR count). The summed E-state index contributed by atoms with van der Waals surface area (Å²) in [7, 11) is 3.61. The fraction of sp³-hybridized carbons (Fsp3) is 0.333. The maximum Gasteiger partial charge on any atom is 0.126 e. The molecule has 2 aromatic rings. The SMILES string of the molecule is CNC(Cc1cc(C)ccc1OC)c1ccc(F)c(C)c1. The van der Waals surface area contributed by atoms with Crippen LogP contribution in [-0.2, 0) is 6.42 Å². The lowest BCUT2D eigenvalue weighted by atomic mass is 9.96. The van der Waals surface area contributed by atoms with Crippen LogP contribution in [0.3, 0.4) is 0 Å². The highest BCUT2D eigenvalue weighted by Gasteiger charge is 2.14. The second-order valence-corrected chi connectivity index (χ2v) is 5.37. The molecule has 0 bridgehead atoms. The van der Waals surface area contributed by atoms with E-state index >= 15 is 0 Å². The molecular formula is C18H22FNO. The summed E-state index contributed by atoms with van der Waals surface area (Å²) in [5, 5.41) is 3.31. The minimum atomic E-state index is -0.165. The van der Waals surface area contributed by atoms with Gasteiger partial charge in [0.25, 0.3) is 0 Å². The molecule has 0 saturated carbocycles. The summed E-state index contributed by atoms with van der Waals surface area (Å²) >= 11 is 0. The van der Waals surface area contributed by atoms with Gasteiger partial charge in [-0.1, -0.05) is 29.8 Å². The lowest BCUT2D eigenvalue weighted by Gasteiger charge is -2.19. The molecule has 0 saturated heterocycles. The molecule has 0 aromatic heterocycles. The highest BCUT2D eigenvalue weighted by molar-refractivity contribution is 5.38. The van der Waals surface area contributed by atoms with Gasteiger partial charge in [-0.05, 0) is 56.1 Å². The van der Waals surface area contributed by atoms with E-state index in [0.29, 0.717) is 5.56 Å². The van der Waals surface area contributed by atoms with Gasteiger partial charge in [0.1, 0.15) is 11.6 Å². The fourth-order valence-electron chi connectivity index (χ4n) is 2.56. The second kappa shape index (κ2) is 6.72. The monoisotopic (exact) mass is 287 g/mol. The van der Waals surface area contributed by atoms with Crippen molar-refractivity contribution in [1.29, 1.82) is 0 Å². The average Bonchev–Trinajstić information content (AvgIpc) is 2.48. The molecule has 0 amide bonds. The Labute approximate surface area is 126 Å². The zero-order valence-electron chi connectivity index (χ0n) is 13.0. The Bertz CT molecular complexity index is 625. The second-order valence-electron chi connectivity index (χ2n) is 5.37. The number of halogens is 1. The van der Waals surface area contributed by atoms with Crippen LogP contribution < -0.4 is 10.1 Å². The quantitative estimate of drug-likeness (QED) is 0.899. The molecule has 112 valence electrons. The number of nitrogens with one attached hydrogen (secondary N) is 1. The molecule has 0 aliphatic rings. The van der Waals surface area contributed by atoms with Gasteiger partial charge in [0.2, 0.25) is 0 Å². The molecule has 1 unspecified atom stereocenters. The van der Waals surface area contributed by atoms with Crippen LogP contribution in [0.1, 0.15) is 28.3 Å². The lowest BCUT2D eigenvalue weighted by molar-refractivity contribution is 0.406. The molecule has 2 nitrogen and oxygen atoms in total. The Kier molecular flexibility index (Phi) is 4.97. The molecule has 2 aromatic carbocycles. The summed E-state index contributed by atoms with van der Waals surface area (Å²) in [6.07, 6.45) is 0.798. The number of likely N-dealkylation sites (N-methyl/N-ethyl adjacent to an activating group) is 1. The Morgan fingerprint density at radius 2 is 1.90 bits per heavy atom. The molecule has 1 atom stereocenters. The van der Waals surface area contributed by atoms with Gasteiger partial charge in [0.05, 0.1) is 7.11 Å². The van der Waals surface area contributed by atoms with Crippen LogP contribution in [0.4, 0.5) is 4.39 Å². The Balaban J connectivity index is 2.30. The van der Waals surface area contributed by atoms with Gasteiger partial charge in [-0.2, -0.15) is 0 Å². The number of hydrogen-bond donors (Lipinski definition) is 1. The predicted molar refractivity (Wildman–Crippen MR) is 84.4 cm³/mol. The van der Waals surface area contributed by atoms with E-state index in [1.165, 1.54) is 11.6 Å². The smallest absolute Gasteiger partial charge is 0.126 e. The van der Waals surface area contributed by atoms with E-state index in [1.54, 1.807) is 14.0 Å². The van der Waals surface area contributed by atoms with Gasteiger partial charge < -0.3 is 10.1 Å². The zero-order chi connectivity index (χ0) is 15.4. The van der Waals surface area contributed by atoms with E-state index in [-0.39, 0.29) is 11.9 Å². The van der Waals surface area contributed by atoms with E-state index in [1.807, 2.05) is 31.3 Å². The lowest BCUT2D eigenvalue weighted by Crippen LogP contribution is -2.19. The average molecular weight is 287 g/mol. The first kappa shape index (κ1) is 15.5. The first-order valence-corrected chi connectivity index (χ1v) is 7.12. The van der Waals surface area contributed by atoms with Gasteiger partial charge in [-0.25, -0.2) is 4.39 Å². The highest BCUT2D eigenvalue weighted by Crippen LogP contribution is 2.26. The van der Waals surface area contributed by atoms with Gasteiger partial charge in [-0.15, -0.1) is 0 Å². The van der Waals surface area contributed by atoms with E-state index < -0.39 is 0 Å². The number of benzene rings is 2. The normalized spacial score (nSPS) is 12.2. The van der Waals surface area contributed by atoms with Gasteiger partial charge >= 0.3 is 0 Å². The molecule has 0 heterocycles. The minimum Gasteiger partial charge on any atom is -0.496 e. The Hall–Kier alpha value is -1.87. The van der Waals surface area contributed by atoms with Crippen LogP contribution >= 0.6 is 0 Å². The number of methoxy groups -OCH3 is 1. The molecule has 21 heavy (non-hydrogen) atoms. The summed E-state index contributed by atoms with van der Waals surface area (Å²) < 4.78 is 18.9. The van der Waals surface area contributed by atoms with Crippen molar-refractivity contribution in [3.63, 3.8) is 0 Å². The molecule has 0 radical (unpaired) electrons. The largest absolute Gasteiger partial charge is 0.496 e. The first-order valence-electron chi connectivity index (χ1n) is 7.12. The van der Waals surface area contributed by atoms with Crippen molar-refractivity contribution in [1.82, 2.24) is 5.32 Å². The summed E-state index contributed by atoms with van der Waals surface area (Å²) in [5.41, 5.74) is 4.11. The Morgan fingerprint density at radius 1 is 1.14 bits per heavy atom. The number of hydrogen-bond acceptors (Lipinski definition) is 2. The summed E-state index contributed by atoms with van der Waals surface area (Å²) in [5.74, 6) is 0.724. The molecule has 0 fully saturated rings. The van der Waals surface area contributed by atoms with Crippen LogP contribution in [-0.4, -0.2) is 14.2 Å². The van der Waals surface area contributed by atoms with Crippen molar-refractivity contribution < 1.29 is 9.13 Å². The number of rotatable bonds is 5. The molecule has 3 heteroatoms. The van der Waals surface area contributed by atoms with E-state index in [4.69, 9.17) is 4.74 Å². The van der Waals surface area contributed by atoms with Crippen LogP contribution in [0.2, 0.25) is 0 Å². The van der Waals surface area contributed by atoms with E-state index in [0.717, 1.165) is 23.3 Å².